The van der Waals surface area contributed by atoms with Gasteiger partial charge in [-0.15, -0.1) is 0 Å². The Kier molecular flexibility index (Phi) is 37.6. The molecule has 608 valence electrons. The third kappa shape index (κ3) is 31.6. The number of alkyl halides is 3. The normalized spacial score (nSPS) is 22.2. The number of aliphatic imine (C=N–C) groups is 1. The number of carbonyl (C=O) groups excluding carboxylic acids is 13. The monoisotopic (exact) mass is 1560 g/mol. The summed E-state index contributed by atoms with van der Waals surface area (Å²) in [6.07, 6.45) is -15.1. The fraction of sp³-hybridized carbons (Fsp3) is 0.535. The van der Waals surface area contributed by atoms with Crippen molar-refractivity contribution < 1.29 is 115 Å². The molecular formula is C71H102F3N15O21. The lowest BCUT2D eigenvalue weighted by Crippen LogP contribution is -2.64. The van der Waals surface area contributed by atoms with Crippen molar-refractivity contribution >= 4 is 89.0 Å². The summed E-state index contributed by atoms with van der Waals surface area (Å²) in [7, 11) is 0. The largest absolute Gasteiger partial charge is 0.490 e. The van der Waals surface area contributed by atoms with Crippen LogP contribution < -0.4 is 75.7 Å². The highest BCUT2D eigenvalue weighted by Crippen LogP contribution is 2.25. The molecule has 22 N–H and O–H groups in total. The van der Waals surface area contributed by atoms with Gasteiger partial charge in [-0.1, -0.05) is 139 Å². The first kappa shape index (κ1) is 93.1. The van der Waals surface area contributed by atoms with Crippen LogP contribution in [0.3, 0.4) is 0 Å². The number of alkyl carbamates (subject to hydrolysis) is 1. The lowest BCUT2D eigenvalue weighted by molar-refractivity contribution is -0.192. The highest BCUT2D eigenvalue weighted by Gasteiger charge is 2.44. The van der Waals surface area contributed by atoms with Crippen molar-refractivity contribution in [2.75, 3.05) is 19.7 Å². The number of benzene rings is 3. The quantitative estimate of drug-likeness (QED) is 0.0186. The SMILES string of the molecule is CC[C@H](C)[C@@H]1NC(=O)[C@@H](CCCN=C(N)N)NC(=O)[C@H](CC(C)C)NC(=O)[C@H]([C@H](O)C(C)C)NC(=O)[C@@H](NC(=O)[C@H](Cc2ccccc2)NC(=O)[C@@H](Cc2ccccc2)NC(=O)OC(C)(C)C)[C@@H](c2ccccc2)OC(=O)[C@H](CO)NC(=O)[C@H]([C@H](O)C(N)=O)NC(=O)CNC(=O)[C@H]([C@H](C)O)NC1=O.O=C(O)C(F)(F)F. The number of primary amides is 1. The molecular weight excluding hydrogens is 1460 g/mol. The standard InChI is InChI=1S/C69H101N15O19.C2HF3O2/c1-11-37(6)48-62(96)82-49(38(7)86)61(95)74-33-47(87)80-51(54(89)56(70)90)64(98)78-46(34-85)66(100)102-55(41-26-19-14-20-27-41)52(65(99)83-50(53(88)36(4)5)63(97)77-43(30-35(2)3)58(92)75-42(57(91)81-48)28-21-29-73-67(71)72)84-60(94)44(31-39-22-15-12-16-23-39)76-59(93)45(32-40-24-17-13-18-25-40)79-68(101)103-69(8,9)10;3-2(4,5)1(6)7/h12-20,22-27,35-38,42-46,48-55,85-86,88-89H,11,21,28-34H2,1-10H3,(H2,70,90)(H,74,95)(H,75,92)(H,76,93)(H,77,97)(H,78,98)(H,79,101)(H,80,87)(H,81,91)(H,82,96)(H,83,99)(H,84,94)(H4,71,72,73);(H,6,7)/t37-,38-,42+,43-,44-,45+,46-,48-,49-,50-,51-,52-,53+,54-,55+;/m0./s1. The number of aliphatic hydroxyl groups is 4. The Morgan fingerprint density at radius 3 is 1.58 bits per heavy atom. The zero-order valence-electron chi connectivity index (χ0n) is 62.4. The van der Waals surface area contributed by atoms with Crippen LogP contribution in [0.5, 0.6) is 0 Å². The number of halogens is 3. The molecule has 1 heterocycles. The molecule has 0 unspecified atom stereocenters. The van der Waals surface area contributed by atoms with Crippen LogP contribution >= 0.6 is 0 Å². The number of nitrogens with zero attached hydrogens (tertiary/aromatic N) is 1. The molecule has 36 nitrogen and oxygen atoms in total. The van der Waals surface area contributed by atoms with Crippen molar-refractivity contribution in [2.24, 2.45) is 39.9 Å². The Hall–Kier alpha value is -11.1. The van der Waals surface area contributed by atoms with Crippen molar-refractivity contribution in [3.8, 4) is 0 Å². The van der Waals surface area contributed by atoms with Gasteiger partial charge in [-0.3, -0.25) is 57.7 Å². The lowest BCUT2D eigenvalue weighted by atomic mass is 9.95. The number of nitrogens with two attached hydrogens (primary N) is 3. The van der Waals surface area contributed by atoms with E-state index < -0.39 is 211 Å². The summed E-state index contributed by atoms with van der Waals surface area (Å²) in [6, 6.07) is 4.67. The molecule has 4 rings (SSSR count). The number of cyclic esters (lactones) is 1. The zero-order chi connectivity index (χ0) is 83.1. The summed E-state index contributed by atoms with van der Waals surface area (Å²) < 4.78 is 43.3. The number of esters is 1. The molecule has 0 spiro atoms. The minimum absolute atomic E-state index is 0.0220. The molecule has 0 aliphatic carbocycles. The number of carbonyl (C=O) groups is 14. The van der Waals surface area contributed by atoms with Gasteiger partial charge in [0.25, 0.3) is 0 Å². The summed E-state index contributed by atoms with van der Waals surface area (Å²) in [5.74, 6) is -20.4. The number of aliphatic hydroxyl groups excluding tert-OH is 4. The van der Waals surface area contributed by atoms with Gasteiger partial charge >= 0.3 is 24.2 Å². The molecule has 1 aliphatic heterocycles. The first-order valence-electron chi connectivity index (χ1n) is 35.0. The Morgan fingerprint density at radius 1 is 0.618 bits per heavy atom. The van der Waals surface area contributed by atoms with Crippen molar-refractivity contribution in [2.45, 2.75) is 204 Å². The fourth-order valence-corrected chi connectivity index (χ4v) is 10.5. The number of amides is 12. The smallest absolute Gasteiger partial charge is 0.475 e. The van der Waals surface area contributed by atoms with E-state index in [1.807, 2.05) is 10.6 Å². The molecule has 110 heavy (non-hydrogen) atoms. The highest BCUT2D eigenvalue weighted by atomic mass is 19.4. The molecule has 0 radical (unpaired) electrons. The van der Waals surface area contributed by atoms with Crippen LogP contribution in [0.2, 0.25) is 0 Å². The van der Waals surface area contributed by atoms with Crippen LogP contribution in [-0.2, 0) is 84.6 Å². The molecule has 3 aromatic rings. The number of rotatable bonds is 24. The van der Waals surface area contributed by atoms with Gasteiger partial charge in [0.15, 0.2) is 24.2 Å². The third-order valence-electron chi connectivity index (χ3n) is 16.5. The van der Waals surface area contributed by atoms with E-state index in [2.05, 4.69) is 52.8 Å². The Balaban J connectivity index is 0.00000426. The summed E-state index contributed by atoms with van der Waals surface area (Å²) in [5, 5.41) is 78.5. The number of carboxylic acid groups (broad SMARTS) is 1. The predicted octanol–water partition coefficient (Wildman–Crippen LogP) is -2.84. The van der Waals surface area contributed by atoms with E-state index in [9.17, 15) is 81.5 Å². The number of hydrogen-bond donors (Lipinski definition) is 19. The number of aliphatic carboxylic acids is 1. The minimum Gasteiger partial charge on any atom is -0.475 e. The molecule has 0 saturated carbocycles. The summed E-state index contributed by atoms with van der Waals surface area (Å²) in [4.78, 5) is 200. The number of carboxylic acids is 1. The van der Waals surface area contributed by atoms with Crippen LogP contribution in [0.4, 0.5) is 18.0 Å². The highest BCUT2D eigenvalue weighted by molar-refractivity contribution is 6.00. The van der Waals surface area contributed by atoms with Gasteiger partial charge in [-0.2, -0.15) is 13.2 Å². The number of ether oxygens (including phenoxy) is 2. The number of hydrogen-bond acceptors (Lipinski definition) is 21. The van der Waals surface area contributed by atoms with E-state index in [1.165, 1.54) is 44.2 Å². The van der Waals surface area contributed by atoms with E-state index in [-0.39, 0.29) is 56.6 Å². The zero-order valence-corrected chi connectivity index (χ0v) is 62.4. The van der Waals surface area contributed by atoms with E-state index in [0.717, 1.165) is 6.92 Å². The van der Waals surface area contributed by atoms with Crippen molar-refractivity contribution in [1.82, 2.24) is 58.5 Å². The maximum Gasteiger partial charge on any atom is 0.490 e. The second-order valence-corrected chi connectivity index (χ2v) is 27.6. The molecule has 12 amide bonds. The van der Waals surface area contributed by atoms with Gasteiger partial charge in [-0.25, -0.2) is 14.4 Å². The first-order chi connectivity index (χ1) is 51.4. The second kappa shape index (κ2) is 44.4. The summed E-state index contributed by atoms with van der Waals surface area (Å²) >= 11 is 0. The summed E-state index contributed by atoms with van der Waals surface area (Å²) in [5.41, 5.74) is 16.4. The fourth-order valence-electron chi connectivity index (χ4n) is 10.5. The molecule has 1 aliphatic rings. The van der Waals surface area contributed by atoms with Gasteiger partial charge in [0.05, 0.1) is 25.4 Å². The maximum absolute atomic E-state index is 15.8. The second-order valence-electron chi connectivity index (χ2n) is 27.6. The van der Waals surface area contributed by atoms with Gasteiger partial charge in [0.1, 0.15) is 60.0 Å². The van der Waals surface area contributed by atoms with Gasteiger partial charge in [-0.05, 0) is 81.4 Å². The van der Waals surface area contributed by atoms with Gasteiger partial charge in [0.2, 0.25) is 65.0 Å². The van der Waals surface area contributed by atoms with Gasteiger partial charge < -0.3 is 111 Å². The first-order valence-corrected chi connectivity index (χ1v) is 35.0. The van der Waals surface area contributed by atoms with Crippen molar-refractivity contribution in [3.05, 3.63) is 108 Å². The van der Waals surface area contributed by atoms with Crippen LogP contribution in [0, 0.1) is 17.8 Å². The predicted molar refractivity (Wildman–Crippen MR) is 386 cm³/mol. The molecule has 1 fully saturated rings. The Labute approximate surface area is 632 Å². The topological polar surface area (TPSA) is 581 Å². The molecule has 1 saturated heterocycles. The average molecular weight is 1560 g/mol. The lowest BCUT2D eigenvalue weighted by Gasteiger charge is -2.33. The van der Waals surface area contributed by atoms with E-state index in [4.69, 9.17) is 36.6 Å². The minimum atomic E-state index is -5.08. The number of nitrogens with one attached hydrogen (secondary N) is 11. The molecule has 15 atom stereocenters. The summed E-state index contributed by atoms with van der Waals surface area (Å²) in [6.45, 7) is 12.9. The third-order valence-corrected chi connectivity index (χ3v) is 16.5. The van der Waals surface area contributed by atoms with Crippen LogP contribution in [0.25, 0.3) is 0 Å². The average Bonchev–Trinajstić information content (AvgIpc) is 0.810. The molecule has 3 aromatic carbocycles. The molecule has 39 heteroatoms. The van der Waals surface area contributed by atoms with Crippen LogP contribution in [0.15, 0.2) is 96.0 Å². The van der Waals surface area contributed by atoms with E-state index >= 15 is 14.4 Å². The van der Waals surface area contributed by atoms with Crippen LogP contribution in [0.1, 0.15) is 118 Å². The van der Waals surface area contributed by atoms with Crippen molar-refractivity contribution in [3.63, 3.8) is 0 Å². The van der Waals surface area contributed by atoms with Crippen LogP contribution in [-0.4, -0.2) is 225 Å². The van der Waals surface area contributed by atoms with Gasteiger partial charge in [0, 0.05) is 19.4 Å². The Bertz CT molecular complexity index is 3650. The molecule has 0 bridgehead atoms. The number of guanidine groups is 1. The molecule has 0 aromatic heterocycles. The Morgan fingerprint density at radius 2 is 1.10 bits per heavy atom. The van der Waals surface area contributed by atoms with E-state index in [0.29, 0.717) is 11.1 Å². The van der Waals surface area contributed by atoms with E-state index in [1.54, 1.807) is 109 Å². The maximum atomic E-state index is 15.8. The van der Waals surface area contributed by atoms with Crippen molar-refractivity contribution in [1.29, 1.82) is 0 Å².